The van der Waals surface area contributed by atoms with Crippen LogP contribution < -0.4 is 5.32 Å². The molecule has 10 heteroatoms. The number of nitro benzene ring substituents is 1. The average molecular weight is 328 g/mol. The van der Waals surface area contributed by atoms with Gasteiger partial charge in [-0.3, -0.25) is 10.1 Å². The highest BCUT2D eigenvalue weighted by molar-refractivity contribution is 6.15. The van der Waals surface area contributed by atoms with E-state index in [1.165, 1.54) is 13.8 Å². The number of rotatable bonds is 3. The number of anilines is 1. The lowest BCUT2D eigenvalue weighted by Gasteiger charge is -2.29. The molecule has 1 heterocycles. The fraction of sp³-hybridized carbons (Fsp3) is 0.231. The highest BCUT2D eigenvalue weighted by atomic mass is 19.1. The van der Waals surface area contributed by atoms with E-state index in [2.05, 4.69) is 5.32 Å². The number of carbonyl (C=O) groups is 2. The Morgan fingerprint density at radius 3 is 2.09 bits per heavy atom. The molecule has 0 saturated carbocycles. The van der Waals surface area contributed by atoms with Crippen molar-refractivity contribution in [3.05, 3.63) is 45.7 Å². The van der Waals surface area contributed by atoms with Crippen LogP contribution in [0.5, 0.6) is 0 Å². The maximum atomic E-state index is 13.5. The van der Waals surface area contributed by atoms with E-state index in [4.69, 9.17) is 9.47 Å². The molecule has 0 bridgehead atoms. The molecule has 0 spiro atoms. The number of esters is 2. The highest BCUT2D eigenvalue weighted by Crippen LogP contribution is 2.26. The van der Waals surface area contributed by atoms with Gasteiger partial charge in [0.2, 0.25) is 11.6 Å². The number of hydrogen-bond donors (Lipinski definition) is 1. The first kappa shape index (κ1) is 16.3. The number of benzene rings is 1. The van der Waals surface area contributed by atoms with Crippen LogP contribution in [0.4, 0.5) is 20.2 Å². The lowest BCUT2D eigenvalue weighted by molar-refractivity contribution is -0.390. The third kappa shape index (κ3) is 3.42. The fourth-order valence-corrected chi connectivity index (χ4v) is 1.76. The molecule has 23 heavy (non-hydrogen) atoms. The number of cyclic esters (lactones) is 2. The minimum Gasteiger partial charge on any atom is -0.419 e. The van der Waals surface area contributed by atoms with Crippen LogP contribution in [0.2, 0.25) is 0 Å². The van der Waals surface area contributed by atoms with Crippen LogP contribution >= 0.6 is 0 Å². The summed E-state index contributed by atoms with van der Waals surface area (Å²) in [6, 6.07) is 1.28. The van der Waals surface area contributed by atoms with Gasteiger partial charge in [-0.15, -0.1) is 0 Å². The lowest BCUT2D eigenvalue weighted by atomic mass is 10.2. The van der Waals surface area contributed by atoms with Crippen molar-refractivity contribution in [2.75, 3.05) is 5.32 Å². The Labute approximate surface area is 127 Å². The topological polar surface area (TPSA) is 108 Å². The molecule has 0 radical (unpaired) electrons. The van der Waals surface area contributed by atoms with Gasteiger partial charge in [-0.1, -0.05) is 0 Å². The van der Waals surface area contributed by atoms with E-state index >= 15 is 0 Å². The molecule has 0 amide bonds. The van der Waals surface area contributed by atoms with E-state index in [9.17, 15) is 28.5 Å². The van der Waals surface area contributed by atoms with E-state index in [0.717, 1.165) is 6.20 Å². The molecule has 1 aliphatic heterocycles. The van der Waals surface area contributed by atoms with Crippen molar-refractivity contribution in [1.29, 1.82) is 0 Å². The van der Waals surface area contributed by atoms with Crippen molar-refractivity contribution in [2.24, 2.45) is 0 Å². The summed E-state index contributed by atoms with van der Waals surface area (Å²) in [4.78, 5) is 32.6. The number of halogens is 2. The zero-order valence-corrected chi connectivity index (χ0v) is 11.9. The molecule has 8 nitrogen and oxygen atoms in total. The van der Waals surface area contributed by atoms with Crippen LogP contribution in [-0.2, 0) is 19.1 Å². The highest BCUT2D eigenvalue weighted by Gasteiger charge is 2.39. The molecule has 2 rings (SSSR count). The molecule has 0 aromatic heterocycles. The van der Waals surface area contributed by atoms with Gasteiger partial charge in [0.25, 0.3) is 5.79 Å². The Morgan fingerprint density at radius 1 is 1.17 bits per heavy atom. The third-order valence-corrected chi connectivity index (χ3v) is 2.70. The number of nitro groups is 1. The van der Waals surface area contributed by atoms with Gasteiger partial charge in [0.05, 0.1) is 4.92 Å². The van der Waals surface area contributed by atoms with Gasteiger partial charge in [0.15, 0.2) is 5.57 Å². The van der Waals surface area contributed by atoms with E-state index in [1.54, 1.807) is 0 Å². The quantitative estimate of drug-likeness (QED) is 0.297. The Morgan fingerprint density at radius 2 is 1.65 bits per heavy atom. The fourth-order valence-electron chi connectivity index (χ4n) is 1.76. The predicted octanol–water partition coefficient (Wildman–Crippen LogP) is 2.00. The second-order valence-corrected chi connectivity index (χ2v) is 4.93. The molecule has 0 atom stereocenters. The molecule has 0 unspecified atom stereocenters. The number of carbonyl (C=O) groups excluding carboxylic acids is 2. The molecule has 0 aliphatic carbocycles. The standard InChI is InChI=1S/C13H10F2N2O6/c1-13(2)22-11(18)7(12(19)23-13)5-16-6-3-8(14)10(17(20)21)9(15)4-6/h3-5,16H,1-2H3. The maximum absolute atomic E-state index is 13.5. The van der Waals surface area contributed by atoms with E-state index < -0.39 is 45.5 Å². The Bertz CT molecular complexity index is 699. The van der Waals surface area contributed by atoms with Gasteiger partial charge in [-0.25, -0.2) is 9.59 Å². The maximum Gasteiger partial charge on any atom is 0.350 e. The van der Waals surface area contributed by atoms with Gasteiger partial charge in [-0.05, 0) is 0 Å². The molecule has 1 fully saturated rings. The Balaban J connectivity index is 2.25. The zero-order valence-electron chi connectivity index (χ0n) is 11.9. The van der Waals surface area contributed by atoms with Crippen molar-refractivity contribution in [3.8, 4) is 0 Å². The van der Waals surface area contributed by atoms with E-state index in [-0.39, 0.29) is 5.69 Å². The van der Waals surface area contributed by atoms with Gasteiger partial charge in [0.1, 0.15) is 0 Å². The minimum absolute atomic E-state index is 0.247. The van der Waals surface area contributed by atoms with Gasteiger partial charge < -0.3 is 14.8 Å². The summed E-state index contributed by atoms with van der Waals surface area (Å²) in [6.07, 6.45) is 0.833. The first-order valence-electron chi connectivity index (χ1n) is 6.17. The third-order valence-electron chi connectivity index (χ3n) is 2.70. The molecular formula is C13H10F2N2O6. The van der Waals surface area contributed by atoms with Gasteiger partial charge in [-0.2, -0.15) is 8.78 Å². The predicted molar refractivity (Wildman–Crippen MR) is 71.0 cm³/mol. The van der Waals surface area contributed by atoms with Crippen LogP contribution in [0.25, 0.3) is 0 Å². The van der Waals surface area contributed by atoms with E-state index in [0.29, 0.717) is 12.1 Å². The normalized spacial score (nSPS) is 16.4. The second-order valence-electron chi connectivity index (χ2n) is 4.93. The van der Waals surface area contributed by atoms with Crippen LogP contribution in [0.3, 0.4) is 0 Å². The van der Waals surface area contributed by atoms with Crippen molar-refractivity contribution in [3.63, 3.8) is 0 Å². The molecule has 1 aliphatic rings. The summed E-state index contributed by atoms with van der Waals surface area (Å²) in [5.41, 5.74) is -2.08. The smallest absolute Gasteiger partial charge is 0.350 e. The van der Waals surface area contributed by atoms with Crippen LogP contribution in [0.15, 0.2) is 23.9 Å². The largest absolute Gasteiger partial charge is 0.419 e. The summed E-state index contributed by atoms with van der Waals surface area (Å²) >= 11 is 0. The SMILES string of the molecule is CC1(C)OC(=O)C(=CNc2cc(F)c([N+](=O)[O-])c(F)c2)C(=O)O1. The molecule has 1 aromatic carbocycles. The monoisotopic (exact) mass is 328 g/mol. The van der Waals surface area contributed by atoms with Crippen LogP contribution in [-0.4, -0.2) is 22.6 Å². The molecular weight excluding hydrogens is 318 g/mol. The van der Waals surface area contributed by atoms with Gasteiger partial charge in [0, 0.05) is 37.9 Å². The molecule has 1 N–H and O–H groups in total. The number of ether oxygens (including phenoxy) is 2. The Hall–Kier alpha value is -3.04. The molecule has 1 aromatic rings. The molecule has 122 valence electrons. The van der Waals surface area contributed by atoms with Crippen molar-refractivity contribution in [2.45, 2.75) is 19.6 Å². The summed E-state index contributed by atoms with van der Waals surface area (Å²) in [5, 5.41) is 12.8. The van der Waals surface area contributed by atoms with Crippen molar-refractivity contribution < 1.29 is 32.8 Å². The molecule has 1 saturated heterocycles. The minimum atomic E-state index is -1.42. The van der Waals surface area contributed by atoms with Crippen molar-refractivity contribution >= 4 is 23.3 Å². The number of hydrogen-bond acceptors (Lipinski definition) is 7. The first-order chi connectivity index (χ1) is 10.6. The van der Waals surface area contributed by atoms with E-state index in [1.807, 2.05) is 0 Å². The van der Waals surface area contributed by atoms with Crippen LogP contribution in [0.1, 0.15) is 13.8 Å². The first-order valence-corrected chi connectivity index (χ1v) is 6.17. The summed E-state index contributed by atoms with van der Waals surface area (Å²) < 4.78 is 36.5. The van der Waals surface area contributed by atoms with Crippen molar-refractivity contribution in [1.82, 2.24) is 0 Å². The number of nitrogens with one attached hydrogen (secondary N) is 1. The summed E-state index contributed by atoms with van der Waals surface area (Å²) in [7, 11) is 0. The van der Waals surface area contributed by atoms with Gasteiger partial charge >= 0.3 is 17.6 Å². The Kier molecular flexibility index (Phi) is 4.00. The zero-order chi connectivity index (χ0) is 17.4. The van der Waals surface area contributed by atoms with Crippen LogP contribution in [0, 0.1) is 21.7 Å². The summed E-state index contributed by atoms with van der Waals surface area (Å²) in [5.74, 6) is -6.21. The average Bonchev–Trinajstić information content (AvgIpc) is 2.34. The second kappa shape index (κ2) is 5.63. The summed E-state index contributed by atoms with van der Waals surface area (Å²) in [6.45, 7) is 2.71. The lowest BCUT2D eigenvalue weighted by Crippen LogP contribution is -2.42. The number of nitrogens with zero attached hydrogens (tertiary/aromatic N) is 1.